The second-order valence-corrected chi connectivity index (χ2v) is 7.52. The minimum absolute atomic E-state index is 0.00733. The second kappa shape index (κ2) is 11.1. The molecule has 0 atom stereocenters. The van der Waals surface area contributed by atoms with Crippen molar-refractivity contribution >= 4 is 17.8 Å². The summed E-state index contributed by atoms with van der Waals surface area (Å²) in [7, 11) is 3.48. The molecule has 2 fully saturated rings. The van der Waals surface area contributed by atoms with Crippen LogP contribution in [0.4, 0.5) is 0 Å². The fourth-order valence-corrected chi connectivity index (χ4v) is 3.44. The van der Waals surface area contributed by atoms with Crippen LogP contribution in [0.2, 0.25) is 0 Å². The molecular weight excluding hydrogens is 344 g/mol. The largest absolute Gasteiger partial charge is 0.357 e. The van der Waals surface area contributed by atoms with Crippen molar-refractivity contribution in [2.24, 2.45) is 4.99 Å². The number of amides is 2. The lowest BCUT2D eigenvalue weighted by Gasteiger charge is -2.37. The molecule has 2 aliphatic heterocycles. The number of guanidine groups is 1. The van der Waals surface area contributed by atoms with Crippen LogP contribution in [0.25, 0.3) is 0 Å². The summed E-state index contributed by atoms with van der Waals surface area (Å²) in [6, 6.07) is 0. The van der Waals surface area contributed by atoms with Crippen molar-refractivity contribution in [2.45, 2.75) is 32.6 Å². The van der Waals surface area contributed by atoms with Crippen molar-refractivity contribution in [1.82, 2.24) is 24.9 Å². The topological polar surface area (TPSA) is 71.5 Å². The Labute approximate surface area is 163 Å². The normalized spacial score (nSPS) is 19.6. The molecule has 2 saturated heterocycles. The van der Waals surface area contributed by atoms with Gasteiger partial charge in [0.05, 0.1) is 6.54 Å². The molecule has 27 heavy (non-hydrogen) atoms. The van der Waals surface area contributed by atoms with E-state index in [-0.39, 0.29) is 18.4 Å². The Morgan fingerprint density at radius 3 is 2.11 bits per heavy atom. The summed E-state index contributed by atoms with van der Waals surface area (Å²) in [5, 5.41) is 3.27. The van der Waals surface area contributed by atoms with Gasteiger partial charge < -0.3 is 20.0 Å². The molecule has 2 amide bonds. The summed E-state index contributed by atoms with van der Waals surface area (Å²) in [6.45, 7) is 8.60. The van der Waals surface area contributed by atoms with Crippen LogP contribution in [0.5, 0.6) is 0 Å². The number of nitrogens with one attached hydrogen (secondary N) is 1. The van der Waals surface area contributed by atoms with E-state index in [4.69, 9.17) is 0 Å². The summed E-state index contributed by atoms with van der Waals surface area (Å²) >= 11 is 0. The van der Waals surface area contributed by atoms with E-state index >= 15 is 0 Å². The van der Waals surface area contributed by atoms with Gasteiger partial charge in [0.15, 0.2) is 5.96 Å². The number of likely N-dealkylation sites (N-methyl/N-ethyl adjacent to an activating group) is 1. The van der Waals surface area contributed by atoms with E-state index < -0.39 is 0 Å². The van der Waals surface area contributed by atoms with Gasteiger partial charge in [-0.1, -0.05) is 12.8 Å². The highest BCUT2D eigenvalue weighted by atomic mass is 16.2. The minimum atomic E-state index is -0.00733. The van der Waals surface area contributed by atoms with Crippen LogP contribution in [0.3, 0.4) is 0 Å². The highest BCUT2D eigenvalue weighted by Gasteiger charge is 2.23. The first kappa shape index (κ1) is 21.5. The van der Waals surface area contributed by atoms with E-state index in [1.807, 2.05) is 11.8 Å². The predicted octanol–water partition coefficient (Wildman–Crippen LogP) is 0.0603. The Balaban J connectivity index is 1.82. The maximum Gasteiger partial charge on any atom is 0.243 e. The number of aliphatic imine (C=N–C) groups is 1. The molecule has 0 saturated carbocycles. The summed E-state index contributed by atoms with van der Waals surface area (Å²) in [5.74, 6) is 1.04. The zero-order chi connectivity index (χ0) is 19.6. The van der Waals surface area contributed by atoms with Gasteiger partial charge in [0, 0.05) is 59.9 Å². The molecule has 0 aromatic carbocycles. The fraction of sp³-hybridized carbons (Fsp3) is 0.842. The third-order valence-corrected chi connectivity index (χ3v) is 5.19. The third-order valence-electron chi connectivity index (χ3n) is 5.19. The number of hydrogen-bond acceptors (Lipinski definition) is 4. The lowest BCUT2D eigenvalue weighted by atomic mass is 10.2. The minimum Gasteiger partial charge on any atom is -0.357 e. The van der Waals surface area contributed by atoms with Crippen molar-refractivity contribution < 1.29 is 9.59 Å². The van der Waals surface area contributed by atoms with E-state index in [1.165, 1.54) is 12.8 Å². The quantitative estimate of drug-likeness (QED) is 0.539. The molecule has 0 aromatic rings. The van der Waals surface area contributed by atoms with Gasteiger partial charge in [-0.25, -0.2) is 4.99 Å². The lowest BCUT2D eigenvalue weighted by molar-refractivity contribution is -0.132. The first-order chi connectivity index (χ1) is 13.0. The summed E-state index contributed by atoms with van der Waals surface area (Å²) in [4.78, 5) is 36.9. The Hall–Kier alpha value is -1.83. The molecule has 8 nitrogen and oxygen atoms in total. The van der Waals surface area contributed by atoms with Gasteiger partial charge >= 0.3 is 0 Å². The molecule has 8 heteroatoms. The van der Waals surface area contributed by atoms with Crippen LogP contribution in [0, 0.1) is 0 Å². The number of carbonyl (C=O) groups excluding carboxylic acids is 2. The number of nitrogens with zero attached hydrogens (tertiary/aromatic N) is 5. The molecule has 0 spiro atoms. The SMILES string of the molecule is CCNC(=NCC(=O)N(C)C)N1CCN(CC(=O)N2CCCCCC2)CC1. The van der Waals surface area contributed by atoms with Gasteiger partial charge in [-0.2, -0.15) is 0 Å². The molecule has 2 aliphatic rings. The van der Waals surface area contributed by atoms with Crippen LogP contribution in [0.1, 0.15) is 32.6 Å². The third kappa shape index (κ3) is 7.01. The average Bonchev–Trinajstić information content (AvgIpc) is 2.95. The molecule has 1 N–H and O–H groups in total. The van der Waals surface area contributed by atoms with E-state index in [9.17, 15) is 9.59 Å². The van der Waals surface area contributed by atoms with Gasteiger partial charge in [0.2, 0.25) is 11.8 Å². The second-order valence-electron chi connectivity index (χ2n) is 7.52. The van der Waals surface area contributed by atoms with E-state index in [0.717, 1.165) is 64.6 Å². The summed E-state index contributed by atoms with van der Waals surface area (Å²) in [6.07, 6.45) is 4.75. The smallest absolute Gasteiger partial charge is 0.243 e. The predicted molar refractivity (Wildman–Crippen MR) is 108 cm³/mol. The van der Waals surface area contributed by atoms with Crippen molar-refractivity contribution in [1.29, 1.82) is 0 Å². The average molecular weight is 381 g/mol. The Bertz CT molecular complexity index is 506. The number of rotatable bonds is 5. The molecule has 0 radical (unpaired) electrons. The van der Waals surface area contributed by atoms with Gasteiger partial charge in [-0.15, -0.1) is 0 Å². The van der Waals surface area contributed by atoms with Crippen LogP contribution in [-0.2, 0) is 9.59 Å². The van der Waals surface area contributed by atoms with Crippen molar-refractivity contribution in [3.63, 3.8) is 0 Å². The fourth-order valence-electron chi connectivity index (χ4n) is 3.44. The van der Waals surface area contributed by atoms with Crippen LogP contribution in [-0.4, -0.2) is 110 Å². The summed E-state index contributed by atoms with van der Waals surface area (Å²) in [5.41, 5.74) is 0. The first-order valence-electron chi connectivity index (χ1n) is 10.2. The highest BCUT2D eigenvalue weighted by molar-refractivity contribution is 5.85. The molecule has 0 aromatic heterocycles. The van der Waals surface area contributed by atoms with Crippen molar-refractivity contribution in [3.8, 4) is 0 Å². The Morgan fingerprint density at radius 2 is 1.56 bits per heavy atom. The standard InChI is InChI=1S/C19H36N6O2/c1-4-20-19(21-15-17(26)22(2)3)25-13-11-23(12-14-25)16-18(27)24-9-7-5-6-8-10-24/h4-16H2,1-3H3,(H,20,21). The van der Waals surface area contributed by atoms with Crippen molar-refractivity contribution in [3.05, 3.63) is 0 Å². The van der Waals surface area contributed by atoms with E-state index in [1.54, 1.807) is 19.0 Å². The van der Waals surface area contributed by atoms with E-state index in [2.05, 4.69) is 20.1 Å². The van der Waals surface area contributed by atoms with Gasteiger partial charge in [-0.3, -0.25) is 14.5 Å². The molecule has 2 heterocycles. The molecule has 0 unspecified atom stereocenters. The molecule has 2 rings (SSSR count). The highest BCUT2D eigenvalue weighted by Crippen LogP contribution is 2.11. The maximum absolute atomic E-state index is 12.6. The summed E-state index contributed by atoms with van der Waals surface area (Å²) < 4.78 is 0. The first-order valence-corrected chi connectivity index (χ1v) is 10.2. The van der Waals surface area contributed by atoms with Gasteiger partial charge in [-0.05, 0) is 19.8 Å². The van der Waals surface area contributed by atoms with Crippen molar-refractivity contribution in [2.75, 3.05) is 73.0 Å². The zero-order valence-corrected chi connectivity index (χ0v) is 17.2. The number of carbonyl (C=O) groups is 2. The molecule has 154 valence electrons. The Morgan fingerprint density at radius 1 is 0.926 bits per heavy atom. The maximum atomic E-state index is 12.6. The molecular formula is C19H36N6O2. The lowest BCUT2D eigenvalue weighted by Crippen LogP contribution is -2.54. The monoisotopic (exact) mass is 380 g/mol. The van der Waals surface area contributed by atoms with Crippen LogP contribution >= 0.6 is 0 Å². The number of likely N-dealkylation sites (tertiary alicyclic amines) is 1. The number of hydrogen-bond donors (Lipinski definition) is 1. The molecule has 0 bridgehead atoms. The Kier molecular flexibility index (Phi) is 8.84. The van der Waals surface area contributed by atoms with Crippen LogP contribution in [0.15, 0.2) is 4.99 Å². The number of piperazine rings is 1. The van der Waals surface area contributed by atoms with Gasteiger partial charge in [0.25, 0.3) is 0 Å². The van der Waals surface area contributed by atoms with Gasteiger partial charge in [0.1, 0.15) is 6.54 Å². The molecule has 0 aliphatic carbocycles. The zero-order valence-electron chi connectivity index (χ0n) is 17.2. The van der Waals surface area contributed by atoms with Crippen LogP contribution < -0.4 is 5.32 Å². The van der Waals surface area contributed by atoms with E-state index in [0.29, 0.717) is 6.54 Å².